The monoisotopic (exact) mass is 422 g/mol. The van der Waals surface area contributed by atoms with Crippen LogP contribution in [-0.2, 0) is 16.1 Å². The first-order chi connectivity index (χ1) is 13.9. The molecule has 146 valence electrons. The van der Waals surface area contributed by atoms with Gasteiger partial charge in [0.15, 0.2) is 0 Å². The van der Waals surface area contributed by atoms with Gasteiger partial charge in [0.05, 0.1) is 4.91 Å². The zero-order chi connectivity index (χ0) is 20.5. The molecule has 2 heterocycles. The molecule has 3 aromatic rings. The molecule has 4 rings (SSSR count). The van der Waals surface area contributed by atoms with E-state index in [-0.39, 0.29) is 10.2 Å². The number of benzene rings is 2. The molecule has 0 atom stereocenters. The van der Waals surface area contributed by atoms with Gasteiger partial charge < -0.3 is 9.67 Å². The Morgan fingerprint density at radius 1 is 1.17 bits per heavy atom. The molecule has 0 radical (unpaired) electrons. The highest BCUT2D eigenvalue weighted by Gasteiger charge is 2.33. The summed E-state index contributed by atoms with van der Waals surface area (Å²) in [6.45, 7) is 2.36. The first-order valence-electron chi connectivity index (χ1n) is 9.03. The van der Waals surface area contributed by atoms with E-state index in [2.05, 4.69) is 41.8 Å². The van der Waals surface area contributed by atoms with Crippen LogP contribution < -0.4 is 0 Å². The summed E-state index contributed by atoms with van der Waals surface area (Å²) in [6.07, 6.45) is 3.82. The van der Waals surface area contributed by atoms with E-state index in [1.807, 2.05) is 24.4 Å². The molecular formula is C22H18N2O3S2. The lowest BCUT2D eigenvalue weighted by atomic mass is 10.1. The molecule has 1 fully saturated rings. The van der Waals surface area contributed by atoms with Gasteiger partial charge in [-0.1, -0.05) is 72.0 Å². The van der Waals surface area contributed by atoms with Gasteiger partial charge in [0.25, 0.3) is 5.91 Å². The maximum atomic E-state index is 12.6. The number of fused-ring (bicyclic) bond motifs is 1. The van der Waals surface area contributed by atoms with Gasteiger partial charge in [0.2, 0.25) is 0 Å². The summed E-state index contributed by atoms with van der Waals surface area (Å²) < 4.78 is 2.43. The van der Waals surface area contributed by atoms with Gasteiger partial charge in [-0.2, -0.15) is 0 Å². The molecule has 1 aromatic heterocycles. The normalized spacial score (nSPS) is 15.6. The number of carboxylic acid groups (broad SMARTS) is 1. The molecule has 1 amide bonds. The zero-order valence-corrected chi connectivity index (χ0v) is 17.3. The van der Waals surface area contributed by atoms with Crippen molar-refractivity contribution in [2.45, 2.75) is 13.5 Å². The Hall–Kier alpha value is -2.90. The van der Waals surface area contributed by atoms with Crippen molar-refractivity contribution in [1.29, 1.82) is 0 Å². The molecular weight excluding hydrogens is 404 g/mol. The molecule has 0 spiro atoms. The van der Waals surface area contributed by atoms with Crippen molar-refractivity contribution >= 4 is 57.2 Å². The van der Waals surface area contributed by atoms with Crippen molar-refractivity contribution in [1.82, 2.24) is 9.47 Å². The van der Waals surface area contributed by atoms with E-state index in [9.17, 15) is 9.59 Å². The number of hydrogen-bond donors (Lipinski definition) is 1. The standard InChI is InChI=1S/C22H18N2O3S2/c1-14-6-8-15(9-7-14)11-23-12-16(17-4-2-3-5-18(17)23)10-19-21(27)24(13-20(25)26)22(28)29-19/h2-10,12H,11,13H2,1H3,(H,25,26)/b19-10+. The summed E-state index contributed by atoms with van der Waals surface area (Å²) in [6, 6.07) is 16.4. The lowest BCUT2D eigenvalue weighted by Crippen LogP contribution is -2.33. The van der Waals surface area contributed by atoms with Crippen LogP contribution in [0, 0.1) is 6.92 Å². The summed E-state index contributed by atoms with van der Waals surface area (Å²) in [5, 5.41) is 10.0. The summed E-state index contributed by atoms with van der Waals surface area (Å²) >= 11 is 6.32. The molecule has 1 aliphatic heterocycles. The van der Waals surface area contributed by atoms with Gasteiger partial charge in [-0.15, -0.1) is 0 Å². The number of carbonyl (C=O) groups is 2. The number of rotatable bonds is 5. The first-order valence-corrected chi connectivity index (χ1v) is 10.3. The lowest BCUT2D eigenvalue weighted by Gasteiger charge is -2.10. The number of hydrogen-bond acceptors (Lipinski definition) is 4. The lowest BCUT2D eigenvalue weighted by molar-refractivity contribution is -0.140. The van der Waals surface area contributed by atoms with Crippen LogP contribution >= 0.6 is 24.0 Å². The number of thioether (sulfide) groups is 1. The summed E-state index contributed by atoms with van der Waals surface area (Å²) in [5.74, 6) is -1.45. The second kappa shape index (κ2) is 7.85. The Labute approximate surface area is 177 Å². The number of nitrogens with zero attached hydrogens (tertiary/aromatic N) is 2. The van der Waals surface area contributed by atoms with Crippen molar-refractivity contribution in [2.24, 2.45) is 0 Å². The average molecular weight is 423 g/mol. The van der Waals surface area contributed by atoms with Crippen molar-refractivity contribution in [3.05, 3.63) is 76.3 Å². The van der Waals surface area contributed by atoms with Gasteiger partial charge >= 0.3 is 5.97 Å². The topological polar surface area (TPSA) is 62.5 Å². The van der Waals surface area contributed by atoms with Gasteiger partial charge in [-0.25, -0.2) is 0 Å². The predicted octanol–water partition coefficient (Wildman–Crippen LogP) is 4.28. The molecule has 1 N–H and O–H groups in total. The van der Waals surface area contributed by atoms with Crippen molar-refractivity contribution in [2.75, 3.05) is 6.54 Å². The third-order valence-electron chi connectivity index (χ3n) is 4.75. The van der Waals surface area contributed by atoms with Crippen LogP contribution in [0.1, 0.15) is 16.7 Å². The quantitative estimate of drug-likeness (QED) is 0.491. The van der Waals surface area contributed by atoms with E-state index in [0.29, 0.717) is 11.4 Å². The van der Waals surface area contributed by atoms with Crippen LogP contribution in [0.15, 0.2) is 59.6 Å². The number of aliphatic carboxylic acids is 1. The minimum atomic E-state index is -1.09. The Balaban J connectivity index is 1.70. The average Bonchev–Trinajstić information content (AvgIpc) is 3.16. The Morgan fingerprint density at radius 3 is 2.62 bits per heavy atom. The number of para-hydroxylation sites is 1. The van der Waals surface area contributed by atoms with Crippen LogP contribution in [0.25, 0.3) is 17.0 Å². The molecule has 7 heteroatoms. The fourth-order valence-corrected chi connectivity index (χ4v) is 4.57. The molecule has 2 aromatic carbocycles. The van der Waals surface area contributed by atoms with Crippen LogP contribution in [0.5, 0.6) is 0 Å². The van der Waals surface area contributed by atoms with Crippen LogP contribution in [-0.4, -0.2) is 37.3 Å². The second-order valence-corrected chi connectivity index (χ2v) is 8.55. The van der Waals surface area contributed by atoms with E-state index < -0.39 is 12.5 Å². The van der Waals surface area contributed by atoms with E-state index in [4.69, 9.17) is 17.3 Å². The Bertz CT molecular complexity index is 1160. The van der Waals surface area contributed by atoms with Gasteiger partial charge in [-0.05, 0) is 24.6 Å². The highest BCUT2D eigenvalue weighted by molar-refractivity contribution is 8.26. The predicted molar refractivity (Wildman–Crippen MR) is 120 cm³/mol. The first kappa shape index (κ1) is 19.4. The smallest absolute Gasteiger partial charge is 0.323 e. The number of carboxylic acids is 1. The largest absolute Gasteiger partial charge is 0.480 e. The van der Waals surface area contributed by atoms with E-state index in [1.54, 1.807) is 6.08 Å². The molecule has 0 aliphatic carbocycles. The van der Waals surface area contributed by atoms with E-state index >= 15 is 0 Å². The van der Waals surface area contributed by atoms with Crippen molar-refractivity contribution < 1.29 is 14.7 Å². The number of carbonyl (C=O) groups excluding carboxylic acids is 1. The highest BCUT2D eigenvalue weighted by atomic mass is 32.2. The summed E-state index contributed by atoms with van der Waals surface area (Å²) in [5.41, 5.74) is 4.38. The summed E-state index contributed by atoms with van der Waals surface area (Å²) in [7, 11) is 0. The van der Waals surface area contributed by atoms with E-state index in [0.717, 1.165) is 33.1 Å². The maximum absolute atomic E-state index is 12.6. The molecule has 1 saturated heterocycles. The fourth-order valence-electron chi connectivity index (χ4n) is 3.32. The summed E-state index contributed by atoms with van der Waals surface area (Å²) in [4.78, 5) is 25.2. The van der Waals surface area contributed by atoms with Crippen molar-refractivity contribution in [3.63, 3.8) is 0 Å². The van der Waals surface area contributed by atoms with Crippen molar-refractivity contribution in [3.8, 4) is 0 Å². The number of aromatic nitrogens is 1. The van der Waals surface area contributed by atoms with Gasteiger partial charge in [-0.3, -0.25) is 14.5 Å². The molecule has 5 nitrogen and oxygen atoms in total. The molecule has 0 saturated carbocycles. The molecule has 1 aliphatic rings. The van der Waals surface area contributed by atoms with Crippen LogP contribution in [0.3, 0.4) is 0 Å². The number of aryl methyl sites for hydroxylation is 1. The maximum Gasteiger partial charge on any atom is 0.323 e. The minimum Gasteiger partial charge on any atom is -0.480 e. The van der Waals surface area contributed by atoms with Crippen LogP contribution in [0.4, 0.5) is 0 Å². The third-order valence-corrected chi connectivity index (χ3v) is 6.12. The Morgan fingerprint density at radius 2 is 1.90 bits per heavy atom. The minimum absolute atomic E-state index is 0.270. The zero-order valence-electron chi connectivity index (χ0n) is 15.7. The van der Waals surface area contributed by atoms with Crippen LogP contribution in [0.2, 0.25) is 0 Å². The third kappa shape index (κ3) is 3.97. The number of amides is 1. The van der Waals surface area contributed by atoms with Gasteiger partial charge in [0.1, 0.15) is 10.9 Å². The number of thiocarbonyl (C=S) groups is 1. The van der Waals surface area contributed by atoms with Gasteiger partial charge in [0, 0.05) is 29.2 Å². The molecule has 29 heavy (non-hydrogen) atoms. The fraction of sp³-hybridized carbons (Fsp3) is 0.136. The Kier molecular flexibility index (Phi) is 5.25. The van der Waals surface area contributed by atoms with E-state index in [1.165, 1.54) is 11.1 Å². The SMILES string of the molecule is Cc1ccc(Cn2cc(/C=C3/SC(=S)N(CC(=O)O)C3=O)c3ccccc32)cc1. The molecule has 0 unspecified atom stereocenters. The molecule has 0 bridgehead atoms. The highest BCUT2D eigenvalue weighted by Crippen LogP contribution is 2.34. The second-order valence-electron chi connectivity index (χ2n) is 6.88.